The number of hydrogen-bond acceptors (Lipinski definition) is 5. The van der Waals surface area contributed by atoms with E-state index in [9.17, 15) is 4.79 Å². The molecule has 0 spiro atoms. The molecule has 0 aliphatic rings. The Morgan fingerprint density at radius 1 is 1.27 bits per heavy atom. The summed E-state index contributed by atoms with van der Waals surface area (Å²) < 4.78 is 13.4. The summed E-state index contributed by atoms with van der Waals surface area (Å²) in [6.07, 6.45) is 4.64. The van der Waals surface area contributed by atoms with Crippen LogP contribution in [0, 0.1) is 0 Å². The molecule has 3 aromatic rings. The Morgan fingerprint density at radius 3 is 2.73 bits per heavy atom. The van der Waals surface area contributed by atoms with Crippen molar-refractivity contribution in [3.05, 3.63) is 74.8 Å². The number of aromatic nitrogens is 2. The normalized spacial score (nSPS) is 11.2. The van der Waals surface area contributed by atoms with Crippen LogP contribution in [0.4, 0.5) is 0 Å². The molecule has 3 rings (SSSR count). The predicted octanol–water partition coefficient (Wildman–Crippen LogP) is 4.74. The number of benzene rings is 2. The Hall–Kier alpha value is -2.93. The van der Waals surface area contributed by atoms with Crippen LogP contribution in [0.2, 0.25) is 0 Å². The molecule has 30 heavy (non-hydrogen) atoms. The smallest absolute Gasteiger partial charge is 0.282 e. The number of aryl methyl sites for hydroxylation is 1. The molecule has 0 bridgehead atoms. The molecule has 7 heteroatoms. The molecule has 0 saturated carbocycles. The zero-order chi connectivity index (χ0) is 21.7. The maximum absolute atomic E-state index is 13.0. The SMILES string of the molecule is C=CCc1cc(C=Nn2c(CC)nc3ccc(Br)cc3c2=O)cc(OC)c1OCC. The number of halogens is 1. The summed E-state index contributed by atoms with van der Waals surface area (Å²) in [5.41, 5.74) is 2.17. The van der Waals surface area contributed by atoms with Crippen LogP contribution in [0.15, 0.2) is 57.4 Å². The summed E-state index contributed by atoms with van der Waals surface area (Å²) >= 11 is 3.41. The van der Waals surface area contributed by atoms with Gasteiger partial charge in [0.05, 0.1) is 30.8 Å². The fourth-order valence-electron chi connectivity index (χ4n) is 3.19. The Balaban J connectivity index is 2.12. The van der Waals surface area contributed by atoms with Crippen molar-refractivity contribution in [2.75, 3.05) is 13.7 Å². The Morgan fingerprint density at radius 2 is 2.07 bits per heavy atom. The van der Waals surface area contributed by atoms with Crippen LogP contribution >= 0.6 is 15.9 Å². The van der Waals surface area contributed by atoms with Gasteiger partial charge in [-0.15, -0.1) is 6.58 Å². The lowest BCUT2D eigenvalue weighted by Crippen LogP contribution is -2.22. The Bertz CT molecular complexity index is 1170. The molecule has 0 N–H and O–H groups in total. The van der Waals surface area contributed by atoms with E-state index in [0.29, 0.717) is 47.7 Å². The zero-order valence-electron chi connectivity index (χ0n) is 17.3. The van der Waals surface area contributed by atoms with Crippen LogP contribution in [0.3, 0.4) is 0 Å². The van der Waals surface area contributed by atoms with E-state index >= 15 is 0 Å². The maximum Gasteiger partial charge on any atom is 0.282 e. The first kappa shape index (κ1) is 21.8. The van der Waals surface area contributed by atoms with Crippen LogP contribution in [0.25, 0.3) is 10.9 Å². The van der Waals surface area contributed by atoms with E-state index in [0.717, 1.165) is 15.6 Å². The van der Waals surface area contributed by atoms with E-state index in [1.807, 2.05) is 44.2 Å². The molecule has 2 aromatic carbocycles. The Labute approximate surface area is 184 Å². The zero-order valence-corrected chi connectivity index (χ0v) is 18.9. The number of ether oxygens (including phenoxy) is 2. The molecule has 0 atom stereocenters. The number of hydrogen-bond donors (Lipinski definition) is 0. The number of allylic oxidation sites excluding steroid dienone is 1. The van der Waals surface area contributed by atoms with Crippen LogP contribution in [0.5, 0.6) is 11.5 Å². The lowest BCUT2D eigenvalue weighted by molar-refractivity contribution is 0.308. The summed E-state index contributed by atoms with van der Waals surface area (Å²) in [7, 11) is 1.60. The summed E-state index contributed by atoms with van der Waals surface area (Å²) in [5.74, 6) is 1.90. The van der Waals surface area contributed by atoms with E-state index in [-0.39, 0.29) is 5.56 Å². The van der Waals surface area contributed by atoms with Gasteiger partial charge in [0, 0.05) is 16.5 Å². The third-order valence-electron chi connectivity index (χ3n) is 4.54. The highest BCUT2D eigenvalue weighted by atomic mass is 79.9. The molecule has 0 unspecified atom stereocenters. The highest BCUT2D eigenvalue weighted by Crippen LogP contribution is 2.33. The van der Waals surface area contributed by atoms with Gasteiger partial charge in [-0.1, -0.05) is 28.9 Å². The third kappa shape index (κ3) is 4.46. The largest absolute Gasteiger partial charge is 0.493 e. The Kier molecular flexibility index (Phi) is 7.05. The second kappa shape index (κ2) is 9.71. The number of methoxy groups -OCH3 is 1. The van der Waals surface area contributed by atoms with Gasteiger partial charge in [-0.05, 0) is 49.2 Å². The monoisotopic (exact) mass is 469 g/mol. The lowest BCUT2D eigenvalue weighted by Gasteiger charge is -2.14. The van der Waals surface area contributed by atoms with Crippen molar-refractivity contribution in [2.24, 2.45) is 5.10 Å². The van der Waals surface area contributed by atoms with E-state index in [2.05, 4.69) is 32.6 Å². The first-order valence-electron chi connectivity index (χ1n) is 9.72. The van der Waals surface area contributed by atoms with Gasteiger partial charge in [0.25, 0.3) is 5.56 Å². The minimum Gasteiger partial charge on any atom is -0.493 e. The molecule has 1 heterocycles. The predicted molar refractivity (Wildman–Crippen MR) is 124 cm³/mol. The molecule has 1 aromatic heterocycles. The summed E-state index contributed by atoms with van der Waals surface area (Å²) in [6, 6.07) is 9.25. The molecule has 0 saturated heterocycles. The van der Waals surface area contributed by atoms with Gasteiger partial charge < -0.3 is 9.47 Å². The third-order valence-corrected chi connectivity index (χ3v) is 5.03. The minimum atomic E-state index is -0.210. The van der Waals surface area contributed by atoms with E-state index < -0.39 is 0 Å². The van der Waals surface area contributed by atoms with Gasteiger partial charge >= 0.3 is 0 Å². The van der Waals surface area contributed by atoms with Crippen molar-refractivity contribution in [1.82, 2.24) is 9.66 Å². The van der Waals surface area contributed by atoms with E-state index in [4.69, 9.17) is 9.47 Å². The van der Waals surface area contributed by atoms with Gasteiger partial charge in [-0.2, -0.15) is 9.78 Å². The van der Waals surface area contributed by atoms with Crippen LogP contribution in [0.1, 0.15) is 30.8 Å². The first-order valence-corrected chi connectivity index (χ1v) is 10.5. The van der Waals surface area contributed by atoms with Crippen molar-refractivity contribution < 1.29 is 9.47 Å². The van der Waals surface area contributed by atoms with Crippen molar-refractivity contribution in [1.29, 1.82) is 0 Å². The maximum atomic E-state index is 13.0. The molecule has 0 amide bonds. The summed E-state index contributed by atoms with van der Waals surface area (Å²) in [6.45, 7) is 8.22. The highest BCUT2D eigenvalue weighted by molar-refractivity contribution is 9.10. The minimum absolute atomic E-state index is 0.210. The summed E-state index contributed by atoms with van der Waals surface area (Å²) in [4.78, 5) is 17.6. The van der Waals surface area contributed by atoms with Gasteiger partial charge in [-0.3, -0.25) is 4.79 Å². The second-order valence-electron chi connectivity index (χ2n) is 6.54. The van der Waals surface area contributed by atoms with E-state index in [1.54, 1.807) is 19.4 Å². The van der Waals surface area contributed by atoms with Crippen molar-refractivity contribution in [2.45, 2.75) is 26.7 Å². The summed E-state index contributed by atoms with van der Waals surface area (Å²) in [5, 5.41) is 4.97. The molecule has 0 aliphatic carbocycles. The molecule has 6 nitrogen and oxygen atoms in total. The van der Waals surface area contributed by atoms with Gasteiger partial charge in [-0.25, -0.2) is 4.98 Å². The average molecular weight is 470 g/mol. The van der Waals surface area contributed by atoms with Gasteiger partial charge in [0.15, 0.2) is 11.5 Å². The molecular formula is C23H24BrN3O3. The number of nitrogens with zero attached hydrogens (tertiary/aromatic N) is 3. The van der Waals surface area contributed by atoms with Gasteiger partial charge in [0.1, 0.15) is 5.82 Å². The van der Waals surface area contributed by atoms with Gasteiger partial charge in [0.2, 0.25) is 0 Å². The standard InChI is InChI=1S/C23H24BrN3O3/c1-5-8-16-11-15(12-20(29-4)22(16)30-7-3)14-25-27-21(6-2)26-19-10-9-17(24)13-18(19)23(27)28/h5,9-14H,1,6-8H2,2-4H3. The van der Waals surface area contributed by atoms with E-state index in [1.165, 1.54) is 4.68 Å². The molecular weight excluding hydrogens is 446 g/mol. The van der Waals surface area contributed by atoms with Crippen molar-refractivity contribution in [3.63, 3.8) is 0 Å². The van der Waals surface area contributed by atoms with Crippen LogP contribution in [-0.2, 0) is 12.8 Å². The lowest BCUT2D eigenvalue weighted by atomic mass is 10.1. The average Bonchev–Trinajstić information content (AvgIpc) is 2.75. The van der Waals surface area contributed by atoms with Crippen LogP contribution in [-0.4, -0.2) is 29.6 Å². The fraction of sp³-hybridized carbons (Fsp3) is 0.261. The highest BCUT2D eigenvalue weighted by Gasteiger charge is 2.13. The topological polar surface area (TPSA) is 65.7 Å². The van der Waals surface area contributed by atoms with Crippen LogP contribution < -0.4 is 15.0 Å². The molecule has 0 fully saturated rings. The second-order valence-corrected chi connectivity index (χ2v) is 7.46. The quantitative estimate of drug-likeness (QED) is 0.353. The number of fused-ring (bicyclic) bond motifs is 1. The molecule has 0 aliphatic heterocycles. The van der Waals surface area contributed by atoms with Crippen molar-refractivity contribution in [3.8, 4) is 11.5 Å². The number of rotatable bonds is 8. The first-order chi connectivity index (χ1) is 14.5. The molecule has 0 radical (unpaired) electrons. The van der Waals surface area contributed by atoms with Crippen molar-refractivity contribution >= 4 is 33.0 Å². The fourth-order valence-corrected chi connectivity index (χ4v) is 3.55. The molecule has 156 valence electrons.